The lowest BCUT2D eigenvalue weighted by molar-refractivity contribution is 0.669. The van der Waals surface area contributed by atoms with Crippen molar-refractivity contribution in [3.63, 3.8) is 0 Å². The third-order valence-electron chi connectivity index (χ3n) is 9.56. The van der Waals surface area contributed by atoms with Gasteiger partial charge in [0.15, 0.2) is 17.5 Å². The van der Waals surface area contributed by atoms with Crippen molar-refractivity contribution >= 4 is 54.3 Å². The Balaban J connectivity index is 1.17. The first-order chi connectivity index (χ1) is 33.5. The monoisotopic (exact) mass is 716 g/mol. The number of nitrogens with zero attached hydrogens (tertiary/aromatic N) is 3. The Hall–Kier alpha value is -7.43. The molecular weight excluding hydrogens is 671 g/mol. The van der Waals surface area contributed by atoms with Gasteiger partial charge in [0, 0.05) is 27.5 Å². The van der Waals surface area contributed by atoms with Gasteiger partial charge in [-0.2, -0.15) is 0 Å². The van der Waals surface area contributed by atoms with E-state index < -0.39 is 107 Å². The fraction of sp³-hybridized carbons (Fsp3) is 0. The molecule has 0 aliphatic rings. The second-order valence-electron chi connectivity index (χ2n) is 12.8. The second-order valence-corrected chi connectivity index (χ2v) is 12.8. The molecule has 11 aromatic rings. The van der Waals surface area contributed by atoms with Crippen LogP contribution in [0.3, 0.4) is 0 Å². The molecule has 55 heavy (non-hydrogen) atoms. The molecule has 0 saturated carbocycles. The van der Waals surface area contributed by atoms with Crippen LogP contribution in [0.15, 0.2) is 192 Å². The molecule has 2 aromatic heterocycles. The topological polar surface area (TPSA) is 51.8 Å². The minimum atomic E-state index is -0.787. The van der Waals surface area contributed by atoms with Crippen molar-refractivity contribution in [1.82, 2.24) is 15.0 Å². The molecular formula is C51H31N3O. The van der Waals surface area contributed by atoms with Crippen molar-refractivity contribution in [2.45, 2.75) is 0 Å². The maximum absolute atomic E-state index is 9.67. The lowest BCUT2D eigenvalue weighted by Gasteiger charge is -2.12. The van der Waals surface area contributed by atoms with Crippen LogP contribution in [0.2, 0.25) is 0 Å². The summed E-state index contributed by atoms with van der Waals surface area (Å²) in [5, 5.41) is -0.472. The fourth-order valence-electron chi connectivity index (χ4n) is 6.88. The molecule has 0 atom stereocenters. The van der Waals surface area contributed by atoms with Crippen molar-refractivity contribution in [3.8, 4) is 56.4 Å². The number of hydrogen-bond donors (Lipinski definition) is 0. The van der Waals surface area contributed by atoms with Crippen LogP contribution in [-0.4, -0.2) is 15.0 Å². The lowest BCUT2D eigenvalue weighted by atomic mass is 9.92. The molecule has 0 unspecified atom stereocenters. The molecule has 0 N–H and O–H groups in total. The van der Waals surface area contributed by atoms with E-state index in [1.54, 1.807) is 12.1 Å². The SMILES string of the molecule is [2H]c1c([2H])c(-c2c([2H])c([2H])c3c4c([2H])c([2H])c([2H])c([2H])c4c4c([2H])c([2H])c([2H])c([2H])c4c3c2[2H])c([2H])c([2H])c1-c1nc(-c2ccc(-c3ccccc3)cc2)nc(-c2ccc3c(c2)oc2ccccc23)n1. The van der Waals surface area contributed by atoms with Crippen LogP contribution >= 0.6 is 0 Å². The summed E-state index contributed by atoms with van der Waals surface area (Å²) in [5.74, 6) is 0.0226. The van der Waals surface area contributed by atoms with E-state index in [9.17, 15) is 9.60 Å². The molecule has 0 bridgehead atoms. The highest BCUT2D eigenvalue weighted by molar-refractivity contribution is 6.25. The predicted molar refractivity (Wildman–Crippen MR) is 227 cm³/mol. The van der Waals surface area contributed by atoms with Crippen molar-refractivity contribution in [2.75, 3.05) is 0 Å². The van der Waals surface area contributed by atoms with Gasteiger partial charge in [-0.1, -0.05) is 163 Å². The van der Waals surface area contributed by atoms with E-state index in [4.69, 9.17) is 30.3 Å². The summed E-state index contributed by atoms with van der Waals surface area (Å²) < 4.78 is 142. The first-order valence-corrected chi connectivity index (χ1v) is 17.3. The van der Waals surface area contributed by atoms with Gasteiger partial charge in [-0.3, -0.25) is 0 Å². The van der Waals surface area contributed by atoms with E-state index in [1.807, 2.05) is 84.9 Å². The minimum absolute atomic E-state index is 0.118. The maximum atomic E-state index is 9.67. The Bertz CT molecular complexity index is 4050. The smallest absolute Gasteiger partial charge is 0.164 e. The largest absolute Gasteiger partial charge is 0.456 e. The van der Waals surface area contributed by atoms with Crippen LogP contribution in [0.4, 0.5) is 0 Å². The van der Waals surface area contributed by atoms with Gasteiger partial charge in [-0.15, -0.1) is 0 Å². The summed E-state index contributed by atoms with van der Waals surface area (Å²) in [4.78, 5) is 14.3. The Morgan fingerprint density at radius 3 is 1.53 bits per heavy atom. The quantitative estimate of drug-likeness (QED) is 0.166. The summed E-state index contributed by atoms with van der Waals surface area (Å²) >= 11 is 0. The third kappa shape index (κ3) is 5.34. The zero-order valence-electron chi connectivity index (χ0n) is 43.5. The summed E-state index contributed by atoms with van der Waals surface area (Å²) in [6, 6.07) is 19.4. The van der Waals surface area contributed by atoms with E-state index in [1.165, 1.54) is 0 Å². The standard InChI is InChI=1S/C51H31N3O/c1-2-10-32(11-3-1)33-18-22-35(23-19-33)49-52-50(54-51(53-49)38-27-29-45-44-16-8-9-17-47(44)55-48(45)31-38)36-24-20-34(21-25-36)37-26-28-43-41-14-5-4-12-39(41)40-13-6-7-15-42(40)46(43)30-37/h1-31H/i4D,5D,6D,7D,12D,13D,14D,15D,20D,21D,24D,25D,26D,28D,30D. The van der Waals surface area contributed by atoms with Crippen LogP contribution in [0.1, 0.15) is 20.6 Å². The summed E-state index contributed by atoms with van der Waals surface area (Å²) in [6.45, 7) is 0. The Morgan fingerprint density at radius 2 is 0.818 bits per heavy atom. The number of rotatable bonds is 5. The molecule has 256 valence electrons. The highest BCUT2D eigenvalue weighted by Crippen LogP contribution is 2.38. The molecule has 11 rings (SSSR count). The fourth-order valence-corrected chi connectivity index (χ4v) is 6.88. The predicted octanol–water partition coefficient (Wildman–Crippen LogP) is 13.6. The number of fused-ring (bicyclic) bond motifs is 9. The molecule has 9 aromatic carbocycles. The van der Waals surface area contributed by atoms with E-state index in [0.29, 0.717) is 22.3 Å². The normalized spacial score (nSPS) is 15.5. The molecule has 0 fully saturated rings. The number of furan rings is 1. The molecule has 0 spiro atoms. The molecule has 0 radical (unpaired) electrons. The maximum Gasteiger partial charge on any atom is 0.164 e. The highest BCUT2D eigenvalue weighted by Gasteiger charge is 2.16. The van der Waals surface area contributed by atoms with Gasteiger partial charge in [0.2, 0.25) is 0 Å². The van der Waals surface area contributed by atoms with Gasteiger partial charge in [0.05, 0.1) is 20.6 Å². The zero-order valence-corrected chi connectivity index (χ0v) is 28.5. The average molecular weight is 717 g/mol. The molecule has 2 heterocycles. The summed E-state index contributed by atoms with van der Waals surface area (Å²) in [5.41, 5.74) is 2.64. The minimum Gasteiger partial charge on any atom is -0.456 e. The molecule has 0 aliphatic carbocycles. The van der Waals surface area contributed by atoms with Crippen molar-refractivity contribution in [1.29, 1.82) is 0 Å². The van der Waals surface area contributed by atoms with E-state index in [2.05, 4.69) is 0 Å². The highest BCUT2D eigenvalue weighted by atomic mass is 16.3. The van der Waals surface area contributed by atoms with Crippen molar-refractivity contribution in [3.05, 3.63) is 188 Å². The third-order valence-corrected chi connectivity index (χ3v) is 9.56. The van der Waals surface area contributed by atoms with E-state index >= 15 is 0 Å². The number of hydrogen-bond acceptors (Lipinski definition) is 4. The van der Waals surface area contributed by atoms with Crippen LogP contribution in [0.5, 0.6) is 0 Å². The van der Waals surface area contributed by atoms with Crippen LogP contribution in [0.25, 0.3) is 111 Å². The van der Waals surface area contributed by atoms with Gasteiger partial charge < -0.3 is 4.42 Å². The van der Waals surface area contributed by atoms with Crippen molar-refractivity contribution < 1.29 is 25.0 Å². The average Bonchev–Trinajstić information content (AvgIpc) is 3.75. The summed E-state index contributed by atoms with van der Waals surface area (Å²) in [7, 11) is 0. The van der Waals surface area contributed by atoms with Gasteiger partial charge in [-0.05, 0) is 78.8 Å². The molecule has 0 saturated heterocycles. The summed E-state index contributed by atoms with van der Waals surface area (Å²) in [6.07, 6.45) is 0. The Kier molecular flexibility index (Phi) is 4.49. The van der Waals surface area contributed by atoms with Gasteiger partial charge in [0.1, 0.15) is 11.2 Å². The first-order valence-electron chi connectivity index (χ1n) is 24.8. The molecule has 0 aliphatic heterocycles. The van der Waals surface area contributed by atoms with Crippen molar-refractivity contribution in [2.24, 2.45) is 0 Å². The first kappa shape index (κ1) is 19.6. The van der Waals surface area contributed by atoms with Crippen LogP contribution in [0, 0.1) is 0 Å². The molecule has 4 nitrogen and oxygen atoms in total. The molecule has 4 heteroatoms. The zero-order chi connectivity index (χ0) is 49.3. The van der Waals surface area contributed by atoms with Gasteiger partial charge >= 0.3 is 0 Å². The number of para-hydroxylation sites is 1. The Morgan fingerprint density at radius 1 is 0.327 bits per heavy atom. The van der Waals surface area contributed by atoms with Crippen LogP contribution < -0.4 is 0 Å². The Labute approximate surface area is 338 Å². The van der Waals surface area contributed by atoms with Gasteiger partial charge in [-0.25, -0.2) is 15.0 Å². The van der Waals surface area contributed by atoms with E-state index in [0.717, 1.165) is 21.9 Å². The van der Waals surface area contributed by atoms with Gasteiger partial charge in [0.25, 0.3) is 0 Å². The number of aromatic nitrogens is 3. The number of benzene rings is 9. The van der Waals surface area contributed by atoms with E-state index in [-0.39, 0.29) is 50.0 Å². The molecule has 0 amide bonds. The second kappa shape index (κ2) is 12.6. The lowest BCUT2D eigenvalue weighted by Crippen LogP contribution is -2.00. The van der Waals surface area contributed by atoms with Crippen LogP contribution in [-0.2, 0) is 0 Å².